The Bertz CT molecular complexity index is 902. The number of carbonyl (C=O) groups is 4. The number of aliphatic hydroxyl groups is 1. The van der Waals surface area contributed by atoms with Crippen LogP contribution in [0.25, 0.3) is 0 Å². The fourth-order valence-electron chi connectivity index (χ4n) is 1.64. The maximum Gasteiger partial charge on any atom is 1.00 e. The summed E-state index contributed by atoms with van der Waals surface area (Å²) in [6, 6.07) is 4.61. The zero-order valence-electron chi connectivity index (χ0n) is 21.5. The number of rotatable bonds is 6. The molecule has 0 amide bonds. The molecule has 216 valence electrons. The average Bonchev–Trinajstić information content (AvgIpc) is 2.58. The maximum absolute atomic E-state index is 10.5. The van der Waals surface area contributed by atoms with Gasteiger partial charge in [-0.15, -0.1) is 0 Å². The average molecular weight is 628 g/mol. The van der Waals surface area contributed by atoms with E-state index in [1.54, 1.807) is 19.1 Å². The fraction of sp³-hybridized carbons (Fsp3) is 0.412. The standard InChI is InChI=1S/C8H8O3.C6H8O7.C3H8.2Na.2H3O4P/c1-5-3-2-4-6(9)7(5)8(10)11;7-3(8)1-6(13,5(11)12)2-4(9)10;1-3-2;;;2*1-5(2,3)4/h2-4,9H,1H3,(H,10,11);13H,1-2H2,(H,7,8)(H,9,10)(H,11,12);3H2,1-2H3;;;2*(H3,1,2,3,4)/q;;;2*+1;;/p-2. The molecule has 0 saturated carbocycles. The second kappa shape index (κ2) is 24.8. The fourth-order valence-corrected chi connectivity index (χ4v) is 1.64. The van der Waals surface area contributed by atoms with Crippen LogP contribution in [-0.4, -0.2) is 79.7 Å². The third-order valence-electron chi connectivity index (χ3n) is 2.75. The van der Waals surface area contributed by atoms with Crippen LogP contribution in [0.2, 0.25) is 0 Å². The third kappa shape index (κ3) is 41.7. The first-order valence-electron chi connectivity index (χ1n) is 9.26. The summed E-state index contributed by atoms with van der Waals surface area (Å²) in [6.45, 7) is 5.89. The molecule has 0 aliphatic rings. The Morgan fingerprint density at radius 2 is 1.10 bits per heavy atom. The predicted octanol–water partition coefficient (Wildman–Crippen LogP) is -7.55. The molecular formula is C17H28Na2O18P2. The molecule has 0 aromatic heterocycles. The van der Waals surface area contributed by atoms with Gasteiger partial charge in [0.05, 0.1) is 12.8 Å². The topological polar surface area (TPSA) is 351 Å². The molecule has 1 aromatic carbocycles. The van der Waals surface area contributed by atoms with E-state index in [0.717, 1.165) is 0 Å². The van der Waals surface area contributed by atoms with E-state index in [1.165, 1.54) is 12.5 Å². The monoisotopic (exact) mass is 628 g/mol. The molecule has 0 aliphatic carbocycles. The number of carboxylic acids is 4. The maximum atomic E-state index is 10.5. The molecule has 0 unspecified atom stereocenters. The van der Waals surface area contributed by atoms with Crippen LogP contribution in [0.1, 0.15) is 49.0 Å². The smallest absolute Gasteiger partial charge is 0.756 e. The molecule has 1 rings (SSSR count). The van der Waals surface area contributed by atoms with Crippen molar-refractivity contribution in [2.24, 2.45) is 0 Å². The Hall–Kier alpha value is -0.920. The summed E-state index contributed by atoms with van der Waals surface area (Å²) in [4.78, 5) is 86.8. The molecule has 0 bridgehead atoms. The quantitative estimate of drug-likeness (QED) is 0.103. The van der Waals surface area contributed by atoms with Crippen LogP contribution >= 0.6 is 15.6 Å². The molecule has 0 radical (unpaired) electrons. The Morgan fingerprint density at radius 1 is 0.821 bits per heavy atom. The minimum atomic E-state index is -4.89. The first kappa shape index (κ1) is 50.9. The van der Waals surface area contributed by atoms with E-state index in [2.05, 4.69) is 13.8 Å². The van der Waals surface area contributed by atoms with Crippen molar-refractivity contribution >= 4 is 39.5 Å². The largest absolute Gasteiger partial charge is 1.00 e. The molecule has 0 aliphatic heterocycles. The normalized spacial score (nSPS) is 9.79. The Labute approximate surface area is 266 Å². The van der Waals surface area contributed by atoms with Crippen molar-refractivity contribution in [2.75, 3.05) is 0 Å². The Kier molecular flexibility index (Phi) is 32.4. The number of carboxylic acid groups (broad SMARTS) is 4. The van der Waals surface area contributed by atoms with E-state index >= 15 is 0 Å². The minimum absolute atomic E-state index is 0. The first-order chi connectivity index (χ1) is 16.3. The molecule has 0 atom stereocenters. The van der Waals surface area contributed by atoms with Gasteiger partial charge in [-0.05, 0) is 18.6 Å². The van der Waals surface area contributed by atoms with Crippen LogP contribution in [-0.2, 0) is 23.5 Å². The van der Waals surface area contributed by atoms with E-state index in [9.17, 15) is 19.2 Å². The van der Waals surface area contributed by atoms with Gasteiger partial charge in [-0.25, -0.2) is 9.59 Å². The minimum Gasteiger partial charge on any atom is -0.756 e. The van der Waals surface area contributed by atoms with Gasteiger partial charge in [-0.1, -0.05) is 32.4 Å². The number of aryl methyl sites for hydroxylation is 1. The van der Waals surface area contributed by atoms with E-state index in [-0.39, 0.29) is 70.4 Å². The van der Waals surface area contributed by atoms with Crippen molar-refractivity contribution in [3.05, 3.63) is 29.3 Å². The van der Waals surface area contributed by atoms with Crippen LogP contribution in [0.4, 0.5) is 0 Å². The number of phosphoric acid groups is 2. The predicted molar refractivity (Wildman–Crippen MR) is 117 cm³/mol. The van der Waals surface area contributed by atoms with E-state index in [4.69, 9.17) is 69.1 Å². The number of benzene rings is 1. The van der Waals surface area contributed by atoms with E-state index < -0.39 is 58.0 Å². The van der Waals surface area contributed by atoms with Gasteiger partial charge >= 0.3 is 83.0 Å². The molecular weight excluding hydrogens is 600 g/mol. The molecule has 10 N–H and O–H groups in total. The van der Waals surface area contributed by atoms with Gasteiger partial charge in [0.1, 0.15) is 11.3 Å². The molecule has 0 fully saturated rings. The summed E-state index contributed by atoms with van der Waals surface area (Å²) in [5.74, 6) is -6.30. The van der Waals surface area contributed by atoms with E-state index in [1.807, 2.05) is 0 Å². The van der Waals surface area contributed by atoms with Gasteiger partial charge in [-0.3, -0.25) is 18.7 Å². The second-order valence-electron chi connectivity index (χ2n) is 6.44. The SMILES string of the molecule is CCC.Cc1cccc(O)c1C(=O)O.O=C(O)CC(O)(CC(=O)O)C(=O)O.O=P([O-])(O)O.O=P([O-])(O)O.[Na+].[Na+]. The molecule has 18 nitrogen and oxygen atoms in total. The molecule has 0 heterocycles. The van der Waals surface area contributed by atoms with E-state index in [0.29, 0.717) is 5.56 Å². The number of hydrogen-bond acceptors (Lipinski definition) is 10. The third-order valence-corrected chi connectivity index (χ3v) is 2.75. The van der Waals surface area contributed by atoms with Gasteiger partial charge < -0.3 is 60.0 Å². The Morgan fingerprint density at radius 3 is 1.26 bits per heavy atom. The summed E-state index contributed by atoms with van der Waals surface area (Å²) >= 11 is 0. The van der Waals surface area contributed by atoms with Gasteiger partial charge in [-0.2, -0.15) is 0 Å². The molecule has 1 aromatic rings. The van der Waals surface area contributed by atoms with Crippen LogP contribution in [0.5, 0.6) is 5.75 Å². The van der Waals surface area contributed by atoms with Gasteiger partial charge in [0.25, 0.3) is 15.6 Å². The first-order valence-corrected chi connectivity index (χ1v) is 12.3. The summed E-state index contributed by atoms with van der Waals surface area (Å²) in [5.41, 5.74) is -2.19. The molecule has 39 heavy (non-hydrogen) atoms. The summed E-state index contributed by atoms with van der Waals surface area (Å²) in [6.07, 6.45) is -1.04. The number of aliphatic carboxylic acids is 3. The Balaban J connectivity index is -0.0000000945. The molecule has 0 saturated heterocycles. The molecule has 0 spiro atoms. The van der Waals surface area contributed by atoms with Gasteiger partial charge in [0.15, 0.2) is 5.60 Å². The van der Waals surface area contributed by atoms with Crippen molar-refractivity contribution in [1.82, 2.24) is 0 Å². The summed E-state index contributed by atoms with van der Waals surface area (Å²) in [5, 5.41) is 51.5. The van der Waals surface area contributed by atoms with Crippen molar-refractivity contribution in [3.8, 4) is 5.75 Å². The van der Waals surface area contributed by atoms with Crippen LogP contribution < -0.4 is 68.9 Å². The number of aromatic carboxylic acids is 1. The van der Waals surface area contributed by atoms with Crippen LogP contribution in [0.3, 0.4) is 0 Å². The van der Waals surface area contributed by atoms with Gasteiger partial charge in [0, 0.05) is 0 Å². The van der Waals surface area contributed by atoms with Crippen molar-refractivity contribution < 1.29 is 147 Å². The zero-order valence-corrected chi connectivity index (χ0v) is 27.3. The summed E-state index contributed by atoms with van der Waals surface area (Å²) < 4.78 is 17.5. The van der Waals surface area contributed by atoms with Gasteiger partial charge in [0.2, 0.25) is 0 Å². The van der Waals surface area contributed by atoms with Crippen LogP contribution in [0, 0.1) is 6.92 Å². The summed E-state index contributed by atoms with van der Waals surface area (Å²) in [7, 11) is -9.78. The molecule has 22 heteroatoms. The zero-order chi connectivity index (χ0) is 30.8. The van der Waals surface area contributed by atoms with Crippen molar-refractivity contribution in [3.63, 3.8) is 0 Å². The number of aromatic hydroxyl groups is 1. The second-order valence-corrected chi connectivity index (χ2v) is 8.40. The van der Waals surface area contributed by atoms with Crippen molar-refractivity contribution in [1.29, 1.82) is 0 Å². The number of phenols is 1. The van der Waals surface area contributed by atoms with Crippen LogP contribution in [0.15, 0.2) is 18.2 Å². The number of hydrogen-bond donors (Lipinski definition) is 10. The van der Waals surface area contributed by atoms with Crippen molar-refractivity contribution in [2.45, 2.75) is 45.6 Å².